The Balaban J connectivity index is 1.54. The second-order valence-electron chi connectivity index (χ2n) is 7.85. The molecule has 1 unspecified atom stereocenters. The zero-order chi connectivity index (χ0) is 17.1. The number of amides is 1. The molecule has 1 aliphatic heterocycles. The average molecular weight is 329 g/mol. The quantitative estimate of drug-likeness (QED) is 0.836. The molecule has 132 valence electrons. The highest BCUT2D eigenvalue weighted by atomic mass is 16.2. The molecule has 1 amide bonds. The minimum absolute atomic E-state index is 0.133. The second-order valence-corrected chi connectivity index (χ2v) is 7.85. The van der Waals surface area contributed by atoms with E-state index in [-0.39, 0.29) is 17.9 Å². The third-order valence-electron chi connectivity index (χ3n) is 5.39. The van der Waals surface area contributed by atoms with Crippen molar-refractivity contribution in [2.45, 2.75) is 51.7 Å². The van der Waals surface area contributed by atoms with Gasteiger partial charge in [0.25, 0.3) is 0 Å². The Morgan fingerprint density at radius 2 is 1.96 bits per heavy atom. The van der Waals surface area contributed by atoms with Crippen LogP contribution in [0, 0.1) is 11.8 Å². The summed E-state index contributed by atoms with van der Waals surface area (Å²) < 4.78 is 0. The molecule has 4 nitrogen and oxygen atoms in total. The first-order valence-electron chi connectivity index (χ1n) is 9.37. The second kappa shape index (κ2) is 7.66. The van der Waals surface area contributed by atoms with Crippen LogP contribution in [-0.2, 0) is 11.3 Å². The Kier molecular flexibility index (Phi) is 5.57. The number of hydrogen-bond donors (Lipinski definition) is 1. The first kappa shape index (κ1) is 17.4. The molecule has 0 bridgehead atoms. The lowest BCUT2D eigenvalue weighted by atomic mass is 10.0. The Labute approximate surface area is 146 Å². The average Bonchev–Trinajstić information content (AvgIpc) is 3.33. The lowest BCUT2D eigenvalue weighted by Gasteiger charge is -2.26. The van der Waals surface area contributed by atoms with Gasteiger partial charge in [0, 0.05) is 32.2 Å². The normalized spacial score (nSPS) is 22.4. The fraction of sp³-hybridized carbons (Fsp3) is 0.650. The summed E-state index contributed by atoms with van der Waals surface area (Å²) in [6.07, 6.45) is 3.75. The molecule has 2 aliphatic rings. The van der Waals surface area contributed by atoms with E-state index in [9.17, 15) is 4.79 Å². The van der Waals surface area contributed by atoms with Crippen LogP contribution in [0.3, 0.4) is 0 Å². The van der Waals surface area contributed by atoms with E-state index in [1.54, 1.807) is 0 Å². The summed E-state index contributed by atoms with van der Waals surface area (Å²) in [6.45, 7) is 7.91. The summed E-state index contributed by atoms with van der Waals surface area (Å²) in [7, 11) is 0. The number of carbonyl (C=O) groups is 1. The van der Waals surface area contributed by atoms with Crippen LogP contribution in [0.25, 0.3) is 0 Å². The Morgan fingerprint density at radius 1 is 1.25 bits per heavy atom. The summed E-state index contributed by atoms with van der Waals surface area (Å²) in [4.78, 5) is 17.1. The molecule has 0 radical (unpaired) electrons. The lowest BCUT2D eigenvalue weighted by molar-refractivity contribution is -0.132. The number of nitrogens with zero attached hydrogens (tertiary/aromatic N) is 2. The van der Waals surface area contributed by atoms with Gasteiger partial charge in [-0.2, -0.15) is 0 Å². The van der Waals surface area contributed by atoms with Gasteiger partial charge in [-0.25, -0.2) is 0 Å². The van der Waals surface area contributed by atoms with E-state index in [1.165, 1.54) is 18.4 Å². The van der Waals surface area contributed by atoms with Crippen LogP contribution >= 0.6 is 0 Å². The first-order valence-corrected chi connectivity index (χ1v) is 9.37. The van der Waals surface area contributed by atoms with Crippen LogP contribution in [0.4, 0.5) is 0 Å². The molecule has 4 heteroatoms. The van der Waals surface area contributed by atoms with Crippen molar-refractivity contribution in [2.75, 3.05) is 19.6 Å². The molecule has 2 fully saturated rings. The molecule has 3 rings (SSSR count). The Morgan fingerprint density at radius 3 is 2.58 bits per heavy atom. The van der Waals surface area contributed by atoms with Crippen LogP contribution < -0.4 is 5.73 Å². The van der Waals surface area contributed by atoms with Crippen molar-refractivity contribution in [2.24, 2.45) is 17.6 Å². The van der Waals surface area contributed by atoms with Crippen molar-refractivity contribution in [3.63, 3.8) is 0 Å². The van der Waals surface area contributed by atoms with Crippen LogP contribution in [0.15, 0.2) is 30.3 Å². The summed E-state index contributed by atoms with van der Waals surface area (Å²) >= 11 is 0. The predicted octanol–water partition coefficient (Wildman–Crippen LogP) is 2.48. The van der Waals surface area contributed by atoms with E-state index in [2.05, 4.69) is 35.2 Å². The Bertz CT molecular complexity index is 541. The molecular weight excluding hydrogens is 298 g/mol. The van der Waals surface area contributed by atoms with E-state index in [0.29, 0.717) is 5.92 Å². The van der Waals surface area contributed by atoms with E-state index in [1.807, 2.05) is 18.7 Å². The van der Waals surface area contributed by atoms with E-state index in [0.717, 1.165) is 38.6 Å². The van der Waals surface area contributed by atoms with Gasteiger partial charge in [-0.1, -0.05) is 44.2 Å². The molecule has 1 aromatic rings. The standard InChI is InChI=1S/C20H31N3O/c1-15(2)19(21)20(24)22-11-10-17(13-22)14-23(18-8-9-18)12-16-6-4-3-5-7-16/h3-7,15,17-19H,8-14,21H2,1-2H3/t17?,19-/m0/s1. The van der Waals surface area contributed by atoms with Gasteiger partial charge in [0.2, 0.25) is 5.91 Å². The molecule has 0 spiro atoms. The number of hydrogen-bond acceptors (Lipinski definition) is 3. The molecule has 1 aliphatic carbocycles. The van der Waals surface area contributed by atoms with Gasteiger partial charge in [0.15, 0.2) is 0 Å². The maximum atomic E-state index is 12.4. The number of carbonyl (C=O) groups excluding carboxylic acids is 1. The summed E-state index contributed by atoms with van der Waals surface area (Å²) in [5, 5.41) is 0. The van der Waals surface area contributed by atoms with Gasteiger partial charge < -0.3 is 10.6 Å². The van der Waals surface area contributed by atoms with E-state index < -0.39 is 0 Å². The smallest absolute Gasteiger partial charge is 0.239 e. The summed E-state index contributed by atoms with van der Waals surface area (Å²) in [5.74, 6) is 0.920. The third-order valence-corrected chi connectivity index (χ3v) is 5.39. The molecule has 1 heterocycles. The van der Waals surface area contributed by atoms with Crippen LogP contribution in [0.1, 0.15) is 38.7 Å². The highest BCUT2D eigenvalue weighted by molar-refractivity contribution is 5.82. The maximum Gasteiger partial charge on any atom is 0.239 e. The first-order chi connectivity index (χ1) is 11.5. The van der Waals surface area contributed by atoms with Gasteiger partial charge in [-0.15, -0.1) is 0 Å². The number of rotatable bonds is 7. The highest BCUT2D eigenvalue weighted by Gasteiger charge is 2.35. The zero-order valence-corrected chi connectivity index (χ0v) is 15.0. The minimum Gasteiger partial charge on any atom is -0.341 e. The molecular formula is C20H31N3O. The molecule has 24 heavy (non-hydrogen) atoms. The van der Waals surface area contributed by atoms with E-state index in [4.69, 9.17) is 5.73 Å². The Hall–Kier alpha value is -1.39. The summed E-state index contributed by atoms with van der Waals surface area (Å²) in [6, 6.07) is 11.1. The van der Waals surface area contributed by atoms with Crippen molar-refractivity contribution in [1.82, 2.24) is 9.80 Å². The SMILES string of the molecule is CC(C)[C@H](N)C(=O)N1CCC(CN(Cc2ccccc2)C2CC2)C1. The van der Waals surface area contributed by atoms with Gasteiger partial charge >= 0.3 is 0 Å². The fourth-order valence-electron chi connectivity index (χ4n) is 3.61. The highest BCUT2D eigenvalue weighted by Crippen LogP contribution is 2.30. The number of likely N-dealkylation sites (tertiary alicyclic amines) is 1. The van der Waals surface area contributed by atoms with Crippen molar-refractivity contribution >= 4 is 5.91 Å². The topological polar surface area (TPSA) is 49.6 Å². The van der Waals surface area contributed by atoms with Crippen LogP contribution in [0.5, 0.6) is 0 Å². The molecule has 1 aromatic carbocycles. The largest absolute Gasteiger partial charge is 0.341 e. The third kappa shape index (κ3) is 4.37. The van der Waals surface area contributed by atoms with Gasteiger partial charge in [-0.3, -0.25) is 9.69 Å². The minimum atomic E-state index is -0.354. The van der Waals surface area contributed by atoms with Crippen molar-refractivity contribution in [3.05, 3.63) is 35.9 Å². The predicted molar refractivity (Wildman–Crippen MR) is 97.4 cm³/mol. The zero-order valence-electron chi connectivity index (χ0n) is 15.0. The molecule has 0 aromatic heterocycles. The van der Waals surface area contributed by atoms with E-state index >= 15 is 0 Å². The van der Waals surface area contributed by atoms with Gasteiger partial charge in [-0.05, 0) is 36.7 Å². The van der Waals surface area contributed by atoms with Gasteiger partial charge in [0.1, 0.15) is 0 Å². The van der Waals surface area contributed by atoms with Crippen LogP contribution in [0.2, 0.25) is 0 Å². The number of nitrogens with two attached hydrogens (primary N) is 1. The van der Waals surface area contributed by atoms with Crippen molar-refractivity contribution in [3.8, 4) is 0 Å². The molecule has 1 saturated carbocycles. The lowest BCUT2D eigenvalue weighted by Crippen LogP contribution is -2.46. The molecule has 1 saturated heterocycles. The number of benzene rings is 1. The van der Waals surface area contributed by atoms with Crippen molar-refractivity contribution < 1.29 is 4.79 Å². The fourth-order valence-corrected chi connectivity index (χ4v) is 3.61. The summed E-state index contributed by atoms with van der Waals surface area (Å²) in [5.41, 5.74) is 7.43. The molecule has 2 N–H and O–H groups in total. The van der Waals surface area contributed by atoms with Gasteiger partial charge in [0.05, 0.1) is 6.04 Å². The van der Waals surface area contributed by atoms with Crippen LogP contribution in [-0.4, -0.2) is 47.4 Å². The monoisotopic (exact) mass is 329 g/mol. The molecule has 2 atom stereocenters. The maximum absolute atomic E-state index is 12.4. The van der Waals surface area contributed by atoms with Crippen molar-refractivity contribution in [1.29, 1.82) is 0 Å².